The van der Waals surface area contributed by atoms with E-state index in [1.165, 1.54) is 17.4 Å². The fourth-order valence-corrected chi connectivity index (χ4v) is 4.96. The fraction of sp³-hybridized carbons (Fsp3) is 0.200. The second-order valence-corrected chi connectivity index (χ2v) is 8.64. The number of esters is 1. The number of carbonyl (C=O) groups is 3. The Bertz CT molecular complexity index is 1250. The molecule has 1 amide bonds. The zero-order valence-electron chi connectivity index (χ0n) is 17.4. The van der Waals surface area contributed by atoms with Crippen LogP contribution in [0.15, 0.2) is 48.5 Å². The summed E-state index contributed by atoms with van der Waals surface area (Å²) >= 11 is 1.40. The normalized spacial score (nSPS) is 12.0. The Hall–Kier alpha value is -3.76. The number of ether oxygens (including phenoxy) is 1. The highest BCUT2D eigenvalue weighted by Gasteiger charge is 2.24. The molecule has 1 heterocycles. The van der Waals surface area contributed by atoms with Crippen molar-refractivity contribution in [2.24, 2.45) is 0 Å². The maximum atomic E-state index is 12.9. The summed E-state index contributed by atoms with van der Waals surface area (Å²) in [5.74, 6) is -1.59. The molecule has 0 saturated heterocycles. The lowest BCUT2D eigenvalue weighted by molar-refractivity contribution is -0.119. The van der Waals surface area contributed by atoms with Crippen LogP contribution in [0.1, 0.15) is 54.3 Å². The molecule has 0 spiro atoms. The Morgan fingerprint density at radius 3 is 2.50 bits per heavy atom. The largest absolute Gasteiger partial charge is 0.452 e. The lowest BCUT2D eigenvalue weighted by Crippen LogP contribution is -2.22. The van der Waals surface area contributed by atoms with Gasteiger partial charge in [0.15, 0.2) is 12.4 Å². The standard InChI is InChI=1S/C25H20N2O4S/c1-15-9-11-16(12-10-15)23(29)18-5-2-3-6-19(18)25(30)31-14-22(28)27-24-20(13-26)17-7-4-8-21(17)32-24/h2-3,5-6,9-12H,4,7-8,14H2,1H3,(H,27,28). The summed E-state index contributed by atoms with van der Waals surface area (Å²) in [4.78, 5) is 39.0. The molecular weight excluding hydrogens is 424 g/mol. The van der Waals surface area contributed by atoms with Crippen molar-refractivity contribution in [1.29, 1.82) is 5.26 Å². The molecule has 0 radical (unpaired) electrons. The van der Waals surface area contributed by atoms with Crippen LogP contribution < -0.4 is 5.32 Å². The molecule has 0 unspecified atom stereocenters. The monoisotopic (exact) mass is 444 g/mol. The van der Waals surface area contributed by atoms with Crippen molar-refractivity contribution in [2.45, 2.75) is 26.2 Å². The van der Waals surface area contributed by atoms with Crippen molar-refractivity contribution in [1.82, 2.24) is 0 Å². The predicted octanol–water partition coefficient (Wildman–Crippen LogP) is 4.44. The number of ketones is 1. The number of rotatable bonds is 6. The van der Waals surface area contributed by atoms with Crippen molar-refractivity contribution in [3.8, 4) is 6.07 Å². The Morgan fingerprint density at radius 2 is 1.78 bits per heavy atom. The van der Waals surface area contributed by atoms with Gasteiger partial charge in [0, 0.05) is 16.0 Å². The lowest BCUT2D eigenvalue weighted by atomic mass is 9.98. The van der Waals surface area contributed by atoms with Crippen LogP contribution in [-0.4, -0.2) is 24.3 Å². The molecule has 1 aliphatic carbocycles. The highest BCUT2D eigenvalue weighted by molar-refractivity contribution is 7.16. The second kappa shape index (κ2) is 9.16. The van der Waals surface area contributed by atoms with Crippen LogP contribution >= 0.6 is 11.3 Å². The van der Waals surface area contributed by atoms with Crippen LogP contribution in [0.3, 0.4) is 0 Å². The van der Waals surface area contributed by atoms with E-state index in [0.717, 1.165) is 35.3 Å². The average molecular weight is 445 g/mol. The maximum Gasteiger partial charge on any atom is 0.339 e. The number of hydrogen-bond acceptors (Lipinski definition) is 6. The van der Waals surface area contributed by atoms with Crippen molar-refractivity contribution >= 4 is 34.0 Å². The smallest absolute Gasteiger partial charge is 0.339 e. The number of nitrogens with zero attached hydrogens (tertiary/aromatic N) is 1. The molecule has 0 aliphatic heterocycles. The second-order valence-electron chi connectivity index (χ2n) is 7.54. The molecule has 2 aromatic carbocycles. The highest BCUT2D eigenvalue weighted by atomic mass is 32.1. The van der Waals surface area contributed by atoms with Crippen molar-refractivity contribution in [2.75, 3.05) is 11.9 Å². The van der Waals surface area contributed by atoms with E-state index in [2.05, 4.69) is 11.4 Å². The van der Waals surface area contributed by atoms with Gasteiger partial charge in [-0.25, -0.2) is 4.79 Å². The van der Waals surface area contributed by atoms with Gasteiger partial charge in [0.1, 0.15) is 11.1 Å². The zero-order valence-corrected chi connectivity index (χ0v) is 18.3. The van der Waals surface area contributed by atoms with E-state index < -0.39 is 18.5 Å². The van der Waals surface area contributed by atoms with Crippen LogP contribution in [0.5, 0.6) is 0 Å². The minimum absolute atomic E-state index is 0.0960. The number of thiophene rings is 1. The third kappa shape index (κ3) is 4.32. The Kier molecular flexibility index (Phi) is 6.15. The number of fused-ring (bicyclic) bond motifs is 1. The van der Waals surface area contributed by atoms with E-state index >= 15 is 0 Å². The maximum absolute atomic E-state index is 12.9. The summed E-state index contributed by atoms with van der Waals surface area (Å²) in [5, 5.41) is 12.6. The topological polar surface area (TPSA) is 96.3 Å². The molecule has 0 saturated carbocycles. The minimum atomic E-state index is -0.759. The molecule has 6 nitrogen and oxygen atoms in total. The third-order valence-corrected chi connectivity index (χ3v) is 6.53. The van der Waals surface area contributed by atoms with Gasteiger partial charge >= 0.3 is 5.97 Å². The summed E-state index contributed by atoms with van der Waals surface area (Å²) in [6.45, 7) is 1.41. The minimum Gasteiger partial charge on any atom is -0.452 e. The summed E-state index contributed by atoms with van der Waals surface area (Å²) in [5.41, 5.74) is 3.30. The number of amides is 1. The fourth-order valence-electron chi connectivity index (χ4n) is 3.70. The molecule has 1 N–H and O–H groups in total. The summed E-state index contributed by atoms with van der Waals surface area (Å²) < 4.78 is 5.18. The van der Waals surface area contributed by atoms with Crippen LogP contribution in [0.4, 0.5) is 5.00 Å². The molecule has 160 valence electrons. The van der Waals surface area contributed by atoms with Crippen molar-refractivity contribution in [3.05, 3.63) is 86.8 Å². The first-order chi connectivity index (χ1) is 15.5. The van der Waals surface area contributed by atoms with Gasteiger partial charge in [-0.1, -0.05) is 48.0 Å². The molecule has 0 atom stereocenters. The summed E-state index contributed by atoms with van der Waals surface area (Å²) in [7, 11) is 0. The number of aryl methyl sites for hydroxylation is 2. The average Bonchev–Trinajstić information content (AvgIpc) is 3.38. The number of nitriles is 1. The van der Waals surface area contributed by atoms with Gasteiger partial charge in [0.2, 0.25) is 0 Å². The molecule has 4 rings (SSSR count). The third-order valence-electron chi connectivity index (χ3n) is 5.33. The van der Waals surface area contributed by atoms with Crippen molar-refractivity contribution in [3.63, 3.8) is 0 Å². The molecule has 32 heavy (non-hydrogen) atoms. The number of hydrogen-bond donors (Lipinski definition) is 1. The molecule has 3 aromatic rings. The number of nitrogens with one attached hydrogen (secondary N) is 1. The SMILES string of the molecule is Cc1ccc(C(=O)c2ccccc2C(=O)OCC(=O)Nc2sc3c(c2C#N)CCC3)cc1. The van der Waals surface area contributed by atoms with Gasteiger partial charge in [-0.2, -0.15) is 5.26 Å². The van der Waals surface area contributed by atoms with Gasteiger partial charge < -0.3 is 10.1 Å². The van der Waals surface area contributed by atoms with E-state index in [1.54, 1.807) is 30.3 Å². The molecule has 1 aromatic heterocycles. The van der Waals surface area contributed by atoms with Crippen LogP contribution in [0.25, 0.3) is 0 Å². The predicted molar refractivity (Wildman–Crippen MR) is 121 cm³/mol. The van der Waals surface area contributed by atoms with E-state index in [4.69, 9.17) is 4.74 Å². The first kappa shape index (κ1) is 21.5. The summed E-state index contributed by atoms with van der Waals surface area (Å²) in [6, 6.07) is 15.6. The van der Waals surface area contributed by atoms with E-state index in [0.29, 0.717) is 16.1 Å². The highest BCUT2D eigenvalue weighted by Crippen LogP contribution is 2.38. The van der Waals surface area contributed by atoms with Crippen molar-refractivity contribution < 1.29 is 19.1 Å². The Morgan fingerprint density at radius 1 is 1.06 bits per heavy atom. The van der Waals surface area contributed by atoms with E-state index in [9.17, 15) is 19.6 Å². The quantitative estimate of drug-likeness (QED) is 0.448. The van der Waals surface area contributed by atoms with Crippen LogP contribution in [0, 0.1) is 18.3 Å². The number of carbonyl (C=O) groups excluding carboxylic acids is 3. The molecule has 0 bridgehead atoms. The zero-order chi connectivity index (χ0) is 22.7. The number of anilines is 1. The Labute approximate surface area is 189 Å². The van der Waals surface area contributed by atoms with Gasteiger partial charge in [-0.05, 0) is 37.8 Å². The van der Waals surface area contributed by atoms with E-state index in [1.807, 2.05) is 19.1 Å². The lowest BCUT2D eigenvalue weighted by Gasteiger charge is -2.09. The summed E-state index contributed by atoms with van der Waals surface area (Å²) in [6.07, 6.45) is 2.76. The molecule has 0 fully saturated rings. The van der Waals surface area contributed by atoms with Crippen LogP contribution in [-0.2, 0) is 22.4 Å². The first-order valence-electron chi connectivity index (χ1n) is 10.2. The van der Waals surface area contributed by atoms with Gasteiger partial charge in [0.05, 0.1) is 11.1 Å². The van der Waals surface area contributed by atoms with Crippen LogP contribution in [0.2, 0.25) is 0 Å². The number of benzene rings is 2. The van der Waals surface area contributed by atoms with Gasteiger partial charge in [0.25, 0.3) is 5.91 Å². The van der Waals surface area contributed by atoms with Gasteiger partial charge in [-0.15, -0.1) is 11.3 Å². The molecule has 7 heteroatoms. The Balaban J connectivity index is 1.44. The van der Waals surface area contributed by atoms with E-state index in [-0.39, 0.29) is 16.9 Å². The molecular formula is C25H20N2O4S. The van der Waals surface area contributed by atoms with Gasteiger partial charge in [-0.3, -0.25) is 9.59 Å². The molecule has 1 aliphatic rings. The first-order valence-corrected chi connectivity index (χ1v) is 11.0.